The van der Waals surface area contributed by atoms with Crippen molar-refractivity contribution in [1.82, 2.24) is 4.90 Å². The first-order valence-electron chi connectivity index (χ1n) is 9.17. The number of aryl methyl sites for hydroxylation is 2. The summed E-state index contributed by atoms with van der Waals surface area (Å²) in [5, 5.41) is 13.7. The van der Waals surface area contributed by atoms with Crippen LogP contribution < -0.4 is 5.32 Å². The molecule has 2 aromatic rings. The van der Waals surface area contributed by atoms with E-state index in [0.29, 0.717) is 0 Å². The number of hydrogen-bond acceptors (Lipinski definition) is 2. The van der Waals surface area contributed by atoms with Gasteiger partial charge in [-0.3, -0.25) is 0 Å². The minimum atomic E-state index is -1.61. The Kier molecular flexibility index (Phi) is 5.46. The van der Waals surface area contributed by atoms with Crippen molar-refractivity contribution in [3.05, 3.63) is 64.7 Å². The number of piperidine rings is 1. The zero-order valence-electron chi connectivity index (χ0n) is 15.6. The maximum absolute atomic E-state index is 14.1. The summed E-state index contributed by atoms with van der Waals surface area (Å²) < 4.78 is 28.1. The number of carbonyl (C=O) groups excluding carboxylic acids is 1. The first-order chi connectivity index (χ1) is 12.9. The van der Waals surface area contributed by atoms with Crippen LogP contribution in [0.2, 0.25) is 0 Å². The number of rotatable bonds is 3. The Bertz CT molecular complexity index is 826. The molecule has 1 fully saturated rings. The molecule has 2 amide bonds. The number of urea groups is 1. The first-order valence-corrected chi connectivity index (χ1v) is 9.17. The van der Waals surface area contributed by atoms with Crippen molar-refractivity contribution < 1.29 is 18.7 Å². The van der Waals surface area contributed by atoms with Crippen molar-refractivity contribution >= 4 is 11.7 Å². The van der Waals surface area contributed by atoms with Crippen LogP contribution in [0.15, 0.2) is 36.4 Å². The molecule has 1 saturated heterocycles. The maximum Gasteiger partial charge on any atom is 0.321 e. The number of benzene rings is 2. The Morgan fingerprint density at radius 3 is 2.33 bits per heavy atom. The summed E-state index contributed by atoms with van der Waals surface area (Å²) in [6.07, 6.45) is 0.947. The number of hydrogen-bond donors (Lipinski definition) is 2. The minimum Gasteiger partial charge on any atom is -0.385 e. The van der Waals surface area contributed by atoms with E-state index in [2.05, 4.69) is 5.32 Å². The number of nitrogens with zero attached hydrogens (tertiary/aromatic N) is 1. The summed E-state index contributed by atoms with van der Waals surface area (Å²) >= 11 is 0. The lowest BCUT2D eigenvalue weighted by atomic mass is 9.84. The summed E-state index contributed by atoms with van der Waals surface area (Å²) in [6, 6.07) is 9.14. The normalized spacial score (nSPS) is 16.3. The molecule has 0 unspecified atom stereocenters. The van der Waals surface area contributed by atoms with Crippen LogP contribution in [0.5, 0.6) is 0 Å². The Morgan fingerprint density at radius 1 is 1.15 bits per heavy atom. The van der Waals surface area contributed by atoms with Crippen LogP contribution in [0.4, 0.5) is 19.3 Å². The molecule has 0 atom stereocenters. The van der Waals surface area contributed by atoms with E-state index >= 15 is 0 Å². The van der Waals surface area contributed by atoms with Gasteiger partial charge in [-0.1, -0.05) is 31.2 Å². The van der Waals surface area contributed by atoms with E-state index in [9.17, 15) is 18.7 Å². The van der Waals surface area contributed by atoms with Crippen LogP contribution >= 0.6 is 0 Å². The van der Waals surface area contributed by atoms with Gasteiger partial charge < -0.3 is 15.3 Å². The van der Waals surface area contributed by atoms with Crippen LogP contribution in [-0.2, 0) is 12.0 Å². The molecule has 0 bridgehead atoms. The predicted octanol–water partition coefficient (Wildman–Crippen LogP) is 4.35. The second-order valence-corrected chi connectivity index (χ2v) is 7.01. The first kappa shape index (κ1) is 19.3. The predicted molar refractivity (Wildman–Crippen MR) is 101 cm³/mol. The standard InChI is InChI=1S/C21H24F2N2O2/c1-3-15-7-4-6-14(2)19(15)24-20(26)25-12-10-21(27,11-13-25)18-16(22)8-5-9-17(18)23/h4-9,27H,3,10-13H2,1-2H3,(H,24,26). The van der Waals surface area contributed by atoms with Gasteiger partial charge in [0, 0.05) is 18.8 Å². The fourth-order valence-electron chi connectivity index (χ4n) is 3.66. The molecule has 27 heavy (non-hydrogen) atoms. The monoisotopic (exact) mass is 374 g/mol. The largest absolute Gasteiger partial charge is 0.385 e. The summed E-state index contributed by atoms with van der Waals surface area (Å²) in [5.74, 6) is -1.52. The lowest BCUT2D eigenvalue weighted by molar-refractivity contribution is -0.0213. The van der Waals surface area contributed by atoms with Crippen LogP contribution in [0.3, 0.4) is 0 Å². The summed E-state index contributed by atoms with van der Waals surface area (Å²) in [5.41, 5.74) is 0.904. The summed E-state index contributed by atoms with van der Waals surface area (Å²) in [7, 11) is 0. The fourth-order valence-corrected chi connectivity index (χ4v) is 3.66. The lowest BCUT2D eigenvalue weighted by Crippen LogP contribution is -2.47. The van der Waals surface area contributed by atoms with E-state index in [-0.39, 0.29) is 37.5 Å². The maximum atomic E-state index is 14.1. The number of aliphatic hydroxyl groups is 1. The second kappa shape index (κ2) is 7.64. The number of anilines is 1. The highest BCUT2D eigenvalue weighted by atomic mass is 19.1. The van der Waals surface area contributed by atoms with Gasteiger partial charge in [0.05, 0.1) is 11.2 Å². The molecule has 0 aromatic heterocycles. The van der Waals surface area contributed by atoms with Crippen LogP contribution in [0.25, 0.3) is 0 Å². The SMILES string of the molecule is CCc1cccc(C)c1NC(=O)N1CCC(O)(c2c(F)cccc2F)CC1. The molecule has 0 spiro atoms. The van der Waals surface area contributed by atoms with Crippen molar-refractivity contribution in [2.45, 2.75) is 38.7 Å². The van der Waals surface area contributed by atoms with Crippen molar-refractivity contribution in [3.63, 3.8) is 0 Å². The van der Waals surface area contributed by atoms with Gasteiger partial charge in [0.15, 0.2) is 0 Å². The Hall–Kier alpha value is -2.47. The van der Waals surface area contributed by atoms with E-state index < -0.39 is 17.2 Å². The fraction of sp³-hybridized carbons (Fsp3) is 0.381. The van der Waals surface area contributed by atoms with E-state index in [1.807, 2.05) is 32.0 Å². The topological polar surface area (TPSA) is 52.6 Å². The number of halogens is 2. The van der Waals surface area contributed by atoms with Crippen molar-refractivity contribution in [2.24, 2.45) is 0 Å². The molecular formula is C21H24F2N2O2. The summed E-state index contributed by atoms with van der Waals surface area (Å²) in [4.78, 5) is 14.2. The number of para-hydroxylation sites is 1. The van der Waals surface area contributed by atoms with Gasteiger partial charge in [0.1, 0.15) is 11.6 Å². The molecule has 0 radical (unpaired) electrons. The highest BCUT2D eigenvalue weighted by molar-refractivity contribution is 5.91. The van der Waals surface area contributed by atoms with Gasteiger partial charge in [-0.05, 0) is 49.4 Å². The molecule has 4 nitrogen and oxygen atoms in total. The average Bonchev–Trinajstić information content (AvgIpc) is 2.63. The number of carbonyl (C=O) groups is 1. The Balaban J connectivity index is 1.72. The second-order valence-electron chi connectivity index (χ2n) is 7.01. The third-order valence-corrected chi connectivity index (χ3v) is 5.28. The van der Waals surface area contributed by atoms with Crippen molar-refractivity contribution in [2.75, 3.05) is 18.4 Å². The zero-order chi connectivity index (χ0) is 19.6. The molecule has 1 heterocycles. The molecule has 0 aliphatic carbocycles. The zero-order valence-corrected chi connectivity index (χ0v) is 15.6. The molecule has 2 aromatic carbocycles. The molecule has 0 saturated carbocycles. The smallest absolute Gasteiger partial charge is 0.321 e. The van der Waals surface area contributed by atoms with Gasteiger partial charge in [0.2, 0.25) is 0 Å². The molecule has 1 aliphatic heterocycles. The third-order valence-electron chi connectivity index (χ3n) is 5.28. The molecule has 3 rings (SSSR count). The lowest BCUT2D eigenvalue weighted by Gasteiger charge is -2.38. The Labute approximate surface area is 157 Å². The number of amides is 2. The molecule has 2 N–H and O–H groups in total. The van der Waals surface area contributed by atoms with Gasteiger partial charge in [-0.25, -0.2) is 13.6 Å². The highest BCUT2D eigenvalue weighted by Gasteiger charge is 2.39. The van der Waals surface area contributed by atoms with Gasteiger partial charge in [-0.15, -0.1) is 0 Å². The quantitative estimate of drug-likeness (QED) is 0.839. The van der Waals surface area contributed by atoms with E-state index in [1.165, 1.54) is 6.07 Å². The van der Waals surface area contributed by atoms with Crippen LogP contribution in [0.1, 0.15) is 36.5 Å². The molecule has 6 heteroatoms. The number of nitrogens with one attached hydrogen (secondary N) is 1. The van der Waals surface area contributed by atoms with Crippen LogP contribution in [0, 0.1) is 18.6 Å². The third kappa shape index (κ3) is 3.81. The van der Waals surface area contributed by atoms with E-state index in [1.54, 1.807) is 4.90 Å². The van der Waals surface area contributed by atoms with Gasteiger partial charge in [-0.2, -0.15) is 0 Å². The van der Waals surface area contributed by atoms with Crippen molar-refractivity contribution in [3.8, 4) is 0 Å². The van der Waals surface area contributed by atoms with Crippen LogP contribution in [-0.4, -0.2) is 29.1 Å². The minimum absolute atomic E-state index is 0.0761. The Morgan fingerprint density at radius 2 is 1.74 bits per heavy atom. The number of likely N-dealkylation sites (tertiary alicyclic amines) is 1. The van der Waals surface area contributed by atoms with E-state index in [4.69, 9.17) is 0 Å². The van der Waals surface area contributed by atoms with Crippen molar-refractivity contribution in [1.29, 1.82) is 0 Å². The highest BCUT2D eigenvalue weighted by Crippen LogP contribution is 2.36. The molecule has 144 valence electrons. The van der Waals surface area contributed by atoms with Gasteiger partial charge >= 0.3 is 6.03 Å². The molecule has 1 aliphatic rings. The summed E-state index contributed by atoms with van der Waals surface area (Å²) in [6.45, 7) is 4.38. The van der Waals surface area contributed by atoms with E-state index in [0.717, 1.165) is 35.4 Å². The van der Waals surface area contributed by atoms with Gasteiger partial charge in [0.25, 0.3) is 0 Å². The molecular weight excluding hydrogens is 350 g/mol. The average molecular weight is 374 g/mol.